The van der Waals surface area contributed by atoms with E-state index in [0.717, 1.165) is 22.4 Å². The summed E-state index contributed by atoms with van der Waals surface area (Å²) >= 11 is 0. The smallest absolute Gasteiger partial charge is 0.268 e. The van der Waals surface area contributed by atoms with Crippen molar-refractivity contribution in [3.8, 4) is 0 Å². The molecule has 0 saturated heterocycles. The van der Waals surface area contributed by atoms with Gasteiger partial charge in [-0.2, -0.15) is 0 Å². The van der Waals surface area contributed by atoms with Crippen molar-refractivity contribution in [2.45, 2.75) is 32.5 Å². The second-order valence-electron chi connectivity index (χ2n) is 6.36. The van der Waals surface area contributed by atoms with Gasteiger partial charge in [0.15, 0.2) is 0 Å². The van der Waals surface area contributed by atoms with E-state index in [-0.39, 0.29) is 24.3 Å². The first-order chi connectivity index (χ1) is 12.1. The molecule has 3 heterocycles. The number of aromatic nitrogens is 1. The number of carbonyl (C=O) groups excluding carboxylic acids is 2. The van der Waals surface area contributed by atoms with E-state index in [2.05, 4.69) is 10.6 Å². The van der Waals surface area contributed by atoms with Gasteiger partial charge in [0.25, 0.3) is 5.91 Å². The number of furan rings is 1. The third-order valence-corrected chi connectivity index (χ3v) is 4.47. The molecule has 25 heavy (non-hydrogen) atoms. The first-order valence-corrected chi connectivity index (χ1v) is 8.31. The van der Waals surface area contributed by atoms with Gasteiger partial charge in [0, 0.05) is 23.9 Å². The SMILES string of the molecule is Cc1ccc(CNC(=O)C[C@H]2Cn3c(cc4ccccc43)C(=O)N2)o1. The van der Waals surface area contributed by atoms with Crippen LogP contribution in [-0.4, -0.2) is 22.4 Å². The van der Waals surface area contributed by atoms with Crippen LogP contribution in [0, 0.1) is 6.92 Å². The highest BCUT2D eigenvalue weighted by Gasteiger charge is 2.27. The highest BCUT2D eigenvalue weighted by molar-refractivity contribution is 6.00. The van der Waals surface area contributed by atoms with Crippen molar-refractivity contribution in [1.29, 1.82) is 0 Å². The lowest BCUT2D eigenvalue weighted by molar-refractivity contribution is -0.121. The Morgan fingerprint density at radius 2 is 2.16 bits per heavy atom. The second-order valence-corrected chi connectivity index (χ2v) is 6.36. The van der Waals surface area contributed by atoms with Gasteiger partial charge in [0.2, 0.25) is 5.91 Å². The van der Waals surface area contributed by atoms with Crippen molar-refractivity contribution in [3.63, 3.8) is 0 Å². The Morgan fingerprint density at radius 1 is 1.32 bits per heavy atom. The van der Waals surface area contributed by atoms with Crippen molar-refractivity contribution < 1.29 is 14.0 Å². The van der Waals surface area contributed by atoms with Gasteiger partial charge in [-0.05, 0) is 31.2 Å². The van der Waals surface area contributed by atoms with Crippen LogP contribution in [0.4, 0.5) is 0 Å². The van der Waals surface area contributed by atoms with Crippen molar-refractivity contribution >= 4 is 22.7 Å². The minimum absolute atomic E-state index is 0.112. The number of amides is 2. The van der Waals surface area contributed by atoms with Gasteiger partial charge in [-0.15, -0.1) is 0 Å². The molecule has 2 aromatic heterocycles. The number of carbonyl (C=O) groups is 2. The van der Waals surface area contributed by atoms with E-state index in [1.54, 1.807) is 0 Å². The molecule has 0 unspecified atom stereocenters. The summed E-state index contributed by atoms with van der Waals surface area (Å²) in [6, 6.07) is 13.3. The molecule has 0 bridgehead atoms. The fraction of sp³-hybridized carbons (Fsp3) is 0.263. The van der Waals surface area contributed by atoms with E-state index < -0.39 is 0 Å². The molecule has 0 fully saturated rings. The monoisotopic (exact) mass is 337 g/mol. The molecule has 1 aliphatic heterocycles. The van der Waals surface area contributed by atoms with E-state index in [4.69, 9.17) is 4.42 Å². The molecular weight excluding hydrogens is 318 g/mol. The number of benzene rings is 1. The lowest BCUT2D eigenvalue weighted by Gasteiger charge is -2.25. The van der Waals surface area contributed by atoms with Crippen LogP contribution in [0.15, 0.2) is 46.9 Å². The van der Waals surface area contributed by atoms with Crippen LogP contribution in [0.25, 0.3) is 10.9 Å². The van der Waals surface area contributed by atoms with Crippen LogP contribution in [0.5, 0.6) is 0 Å². The van der Waals surface area contributed by atoms with E-state index >= 15 is 0 Å². The zero-order valence-electron chi connectivity index (χ0n) is 13.9. The summed E-state index contributed by atoms with van der Waals surface area (Å²) < 4.78 is 7.42. The Labute approximate surface area is 144 Å². The van der Waals surface area contributed by atoms with Crippen LogP contribution < -0.4 is 10.6 Å². The van der Waals surface area contributed by atoms with E-state index in [9.17, 15) is 9.59 Å². The van der Waals surface area contributed by atoms with Crippen LogP contribution in [0.2, 0.25) is 0 Å². The summed E-state index contributed by atoms with van der Waals surface area (Å²) in [5.74, 6) is 1.29. The molecule has 0 radical (unpaired) electrons. The largest absolute Gasteiger partial charge is 0.465 e. The Bertz CT molecular complexity index is 954. The number of hydrogen-bond donors (Lipinski definition) is 2. The van der Waals surface area contributed by atoms with Gasteiger partial charge in [-0.3, -0.25) is 9.59 Å². The molecule has 3 aromatic rings. The lowest BCUT2D eigenvalue weighted by Crippen LogP contribution is -2.46. The lowest BCUT2D eigenvalue weighted by atomic mass is 10.1. The first kappa shape index (κ1) is 15.5. The molecular formula is C19H19N3O3. The molecule has 6 nitrogen and oxygen atoms in total. The zero-order chi connectivity index (χ0) is 17.4. The van der Waals surface area contributed by atoms with Gasteiger partial charge in [-0.1, -0.05) is 18.2 Å². The van der Waals surface area contributed by atoms with Gasteiger partial charge < -0.3 is 19.6 Å². The quantitative estimate of drug-likeness (QED) is 0.767. The van der Waals surface area contributed by atoms with Crippen LogP contribution in [0.3, 0.4) is 0 Å². The number of para-hydroxylation sites is 1. The van der Waals surface area contributed by atoms with Crippen LogP contribution in [0.1, 0.15) is 28.4 Å². The van der Waals surface area contributed by atoms with Crippen molar-refractivity contribution in [1.82, 2.24) is 15.2 Å². The predicted octanol–water partition coefficient (Wildman–Crippen LogP) is 2.36. The van der Waals surface area contributed by atoms with E-state index in [1.807, 2.05) is 54.0 Å². The molecule has 1 atom stereocenters. The highest BCUT2D eigenvalue weighted by atomic mass is 16.3. The van der Waals surface area contributed by atoms with Gasteiger partial charge >= 0.3 is 0 Å². The molecule has 0 spiro atoms. The number of rotatable bonds is 4. The Balaban J connectivity index is 1.44. The molecule has 2 N–H and O–H groups in total. The topological polar surface area (TPSA) is 76.3 Å². The first-order valence-electron chi connectivity index (χ1n) is 8.31. The van der Waals surface area contributed by atoms with Crippen LogP contribution in [-0.2, 0) is 17.9 Å². The highest BCUT2D eigenvalue weighted by Crippen LogP contribution is 2.23. The molecule has 1 aromatic carbocycles. The fourth-order valence-corrected chi connectivity index (χ4v) is 3.30. The molecule has 0 saturated carbocycles. The summed E-state index contributed by atoms with van der Waals surface area (Å²) in [5, 5.41) is 6.79. The predicted molar refractivity (Wildman–Crippen MR) is 93.1 cm³/mol. The molecule has 0 aliphatic carbocycles. The number of fused-ring (bicyclic) bond motifs is 3. The summed E-state index contributed by atoms with van der Waals surface area (Å²) in [6.07, 6.45) is 0.234. The standard InChI is InChI=1S/C19H19N3O3/c1-12-6-7-15(25-12)10-20-18(23)9-14-11-22-16-5-3-2-4-13(16)8-17(22)19(24)21-14/h2-8,14H,9-11H2,1H3,(H,20,23)(H,21,24)/t14-/m0/s1. The third kappa shape index (κ3) is 3.03. The maximum atomic E-state index is 12.4. The molecule has 2 amide bonds. The third-order valence-electron chi connectivity index (χ3n) is 4.47. The minimum Gasteiger partial charge on any atom is -0.465 e. The minimum atomic E-state index is -0.228. The van der Waals surface area contributed by atoms with Crippen LogP contribution >= 0.6 is 0 Å². The van der Waals surface area contributed by atoms with Gasteiger partial charge in [0.1, 0.15) is 17.2 Å². The summed E-state index contributed by atoms with van der Waals surface area (Å²) in [5.41, 5.74) is 1.66. The zero-order valence-corrected chi connectivity index (χ0v) is 13.9. The summed E-state index contributed by atoms with van der Waals surface area (Å²) in [4.78, 5) is 24.5. The van der Waals surface area contributed by atoms with Gasteiger partial charge in [-0.25, -0.2) is 0 Å². The van der Waals surface area contributed by atoms with Crippen molar-refractivity contribution in [3.05, 3.63) is 59.7 Å². The normalized spacial score (nSPS) is 16.5. The Kier molecular flexibility index (Phi) is 3.80. The summed E-state index contributed by atoms with van der Waals surface area (Å²) in [7, 11) is 0. The second kappa shape index (κ2) is 6.12. The van der Waals surface area contributed by atoms with E-state index in [1.165, 1.54) is 0 Å². The average molecular weight is 337 g/mol. The maximum absolute atomic E-state index is 12.4. The summed E-state index contributed by atoms with van der Waals surface area (Å²) in [6.45, 7) is 2.80. The number of nitrogens with one attached hydrogen (secondary N) is 2. The fourth-order valence-electron chi connectivity index (χ4n) is 3.30. The molecule has 128 valence electrons. The molecule has 1 aliphatic rings. The Morgan fingerprint density at radius 3 is 2.96 bits per heavy atom. The number of hydrogen-bond acceptors (Lipinski definition) is 3. The maximum Gasteiger partial charge on any atom is 0.268 e. The number of nitrogens with zero attached hydrogens (tertiary/aromatic N) is 1. The molecule has 4 rings (SSSR count). The number of aryl methyl sites for hydroxylation is 1. The average Bonchev–Trinajstić information content (AvgIpc) is 3.17. The van der Waals surface area contributed by atoms with Gasteiger partial charge in [0.05, 0.1) is 12.6 Å². The van der Waals surface area contributed by atoms with Crippen molar-refractivity contribution in [2.75, 3.05) is 0 Å². The Hall–Kier alpha value is -3.02. The van der Waals surface area contributed by atoms with Crippen molar-refractivity contribution in [2.24, 2.45) is 0 Å². The van der Waals surface area contributed by atoms with E-state index in [0.29, 0.717) is 18.8 Å². The molecule has 6 heteroatoms.